The Morgan fingerprint density at radius 2 is 2.14 bits per heavy atom. The summed E-state index contributed by atoms with van der Waals surface area (Å²) >= 11 is 6.00. The third-order valence-electron chi connectivity index (χ3n) is 3.78. The Hall–Kier alpha value is -1.59. The van der Waals surface area contributed by atoms with Crippen molar-refractivity contribution in [3.8, 4) is 0 Å². The van der Waals surface area contributed by atoms with Gasteiger partial charge in [-0.3, -0.25) is 9.59 Å². The highest BCUT2D eigenvalue weighted by atomic mass is 35.5. The second-order valence-electron chi connectivity index (χ2n) is 5.52. The fourth-order valence-corrected chi connectivity index (χ4v) is 2.49. The number of nitrogens with zero attached hydrogens (tertiary/aromatic N) is 1. The standard InChI is InChI=1S/C15H18ClNO4/c1-15(14(19)20)6-7-17(10-15)13(18)9-21-8-11-4-2-3-5-12(11)16/h2-5H,6-10H2,1H3,(H,19,20)/t15-/m1/s1. The Morgan fingerprint density at radius 1 is 1.43 bits per heavy atom. The largest absolute Gasteiger partial charge is 0.481 e. The smallest absolute Gasteiger partial charge is 0.311 e. The maximum absolute atomic E-state index is 12.0. The molecule has 21 heavy (non-hydrogen) atoms. The molecule has 0 radical (unpaired) electrons. The summed E-state index contributed by atoms with van der Waals surface area (Å²) in [5.41, 5.74) is -0.0259. The molecular weight excluding hydrogens is 294 g/mol. The number of carbonyl (C=O) groups is 2. The number of ether oxygens (including phenoxy) is 1. The van der Waals surface area contributed by atoms with Crippen molar-refractivity contribution in [2.45, 2.75) is 20.0 Å². The highest BCUT2D eigenvalue weighted by molar-refractivity contribution is 6.31. The summed E-state index contributed by atoms with van der Waals surface area (Å²) in [4.78, 5) is 24.7. The van der Waals surface area contributed by atoms with E-state index in [1.54, 1.807) is 17.9 Å². The third-order valence-corrected chi connectivity index (χ3v) is 4.15. The Morgan fingerprint density at radius 3 is 2.76 bits per heavy atom. The number of carboxylic acids is 1. The van der Waals surface area contributed by atoms with Crippen LogP contribution in [-0.2, 0) is 20.9 Å². The number of rotatable bonds is 5. The summed E-state index contributed by atoms with van der Waals surface area (Å²) in [5.74, 6) is -1.05. The summed E-state index contributed by atoms with van der Waals surface area (Å²) in [7, 11) is 0. The number of benzene rings is 1. The topological polar surface area (TPSA) is 66.8 Å². The van der Waals surface area contributed by atoms with Gasteiger partial charge in [0.15, 0.2) is 0 Å². The first kappa shape index (κ1) is 15.8. The van der Waals surface area contributed by atoms with Crippen LogP contribution < -0.4 is 0 Å². The molecule has 1 heterocycles. The van der Waals surface area contributed by atoms with Crippen LogP contribution in [0.5, 0.6) is 0 Å². The van der Waals surface area contributed by atoms with E-state index in [0.29, 0.717) is 18.0 Å². The van der Waals surface area contributed by atoms with E-state index in [-0.39, 0.29) is 25.7 Å². The van der Waals surface area contributed by atoms with Crippen LogP contribution in [0.1, 0.15) is 18.9 Å². The van der Waals surface area contributed by atoms with E-state index < -0.39 is 11.4 Å². The van der Waals surface area contributed by atoms with Gasteiger partial charge in [-0.2, -0.15) is 0 Å². The third kappa shape index (κ3) is 3.74. The number of halogens is 1. The lowest BCUT2D eigenvalue weighted by atomic mass is 9.90. The molecule has 2 rings (SSSR count). The van der Waals surface area contributed by atoms with Crippen LogP contribution in [0.25, 0.3) is 0 Å². The molecule has 1 saturated heterocycles. The van der Waals surface area contributed by atoms with Gasteiger partial charge in [-0.15, -0.1) is 0 Å². The molecule has 1 aliphatic rings. The maximum atomic E-state index is 12.0. The van der Waals surface area contributed by atoms with Crippen LogP contribution in [0.2, 0.25) is 5.02 Å². The molecule has 0 unspecified atom stereocenters. The SMILES string of the molecule is C[C@@]1(C(=O)O)CCN(C(=O)COCc2ccccc2Cl)C1. The van der Waals surface area contributed by atoms with E-state index in [2.05, 4.69) is 0 Å². The normalized spacial score (nSPS) is 21.5. The van der Waals surface area contributed by atoms with Crippen molar-refractivity contribution in [2.24, 2.45) is 5.41 Å². The molecule has 1 amide bonds. The molecule has 0 saturated carbocycles. The van der Waals surface area contributed by atoms with Gasteiger partial charge in [-0.25, -0.2) is 0 Å². The van der Waals surface area contributed by atoms with Gasteiger partial charge in [0.1, 0.15) is 6.61 Å². The summed E-state index contributed by atoms with van der Waals surface area (Å²) < 4.78 is 5.38. The molecule has 0 aromatic heterocycles. The number of hydrogen-bond donors (Lipinski definition) is 1. The average Bonchev–Trinajstić information content (AvgIpc) is 2.85. The number of amides is 1. The molecule has 1 aromatic carbocycles. The van der Waals surface area contributed by atoms with E-state index in [9.17, 15) is 9.59 Å². The van der Waals surface area contributed by atoms with Crippen molar-refractivity contribution < 1.29 is 19.4 Å². The van der Waals surface area contributed by atoms with Crippen molar-refractivity contribution in [1.29, 1.82) is 0 Å². The molecule has 1 fully saturated rings. The van der Waals surface area contributed by atoms with E-state index in [1.807, 2.05) is 18.2 Å². The Balaban J connectivity index is 1.81. The predicted octanol–water partition coefficient (Wildman–Crippen LogP) is 2.18. The minimum atomic E-state index is -0.866. The number of likely N-dealkylation sites (tertiary alicyclic amines) is 1. The Bertz CT molecular complexity index is 548. The van der Waals surface area contributed by atoms with E-state index in [4.69, 9.17) is 21.4 Å². The number of hydrogen-bond acceptors (Lipinski definition) is 3. The van der Waals surface area contributed by atoms with E-state index in [1.165, 1.54) is 0 Å². The van der Waals surface area contributed by atoms with Crippen LogP contribution in [-0.4, -0.2) is 41.6 Å². The van der Waals surface area contributed by atoms with Crippen molar-refractivity contribution >= 4 is 23.5 Å². The highest BCUT2D eigenvalue weighted by Gasteiger charge is 2.41. The second-order valence-corrected chi connectivity index (χ2v) is 5.92. The quantitative estimate of drug-likeness (QED) is 0.905. The van der Waals surface area contributed by atoms with Gasteiger partial charge >= 0.3 is 5.97 Å². The second kappa shape index (κ2) is 6.45. The lowest BCUT2D eigenvalue weighted by Gasteiger charge is -2.20. The molecule has 0 bridgehead atoms. The molecule has 6 heteroatoms. The molecule has 1 aromatic rings. The zero-order valence-electron chi connectivity index (χ0n) is 11.8. The number of carbonyl (C=O) groups excluding carboxylic acids is 1. The molecular formula is C15H18ClNO4. The van der Waals surface area contributed by atoms with Crippen LogP contribution in [0.4, 0.5) is 0 Å². The first-order valence-corrected chi connectivity index (χ1v) is 7.12. The minimum Gasteiger partial charge on any atom is -0.481 e. The Labute approximate surface area is 128 Å². The van der Waals surface area contributed by atoms with Gasteiger partial charge in [-0.05, 0) is 25.0 Å². The number of aliphatic carboxylic acids is 1. The fraction of sp³-hybridized carbons (Fsp3) is 0.467. The first-order valence-electron chi connectivity index (χ1n) is 6.75. The molecule has 114 valence electrons. The monoisotopic (exact) mass is 311 g/mol. The Kier molecular flexibility index (Phi) is 4.85. The molecule has 5 nitrogen and oxygen atoms in total. The van der Waals surface area contributed by atoms with E-state index >= 15 is 0 Å². The van der Waals surface area contributed by atoms with Gasteiger partial charge in [0.05, 0.1) is 12.0 Å². The van der Waals surface area contributed by atoms with E-state index in [0.717, 1.165) is 5.56 Å². The van der Waals surface area contributed by atoms with Gasteiger partial charge in [0.25, 0.3) is 0 Å². The van der Waals surface area contributed by atoms with Crippen molar-refractivity contribution in [1.82, 2.24) is 4.90 Å². The van der Waals surface area contributed by atoms with Crippen molar-refractivity contribution in [3.05, 3.63) is 34.9 Å². The maximum Gasteiger partial charge on any atom is 0.311 e. The molecule has 1 aliphatic heterocycles. The summed E-state index contributed by atoms with van der Waals surface area (Å²) in [6, 6.07) is 7.28. The molecule has 0 aliphatic carbocycles. The minimum absolute atomic E-state index is 0.0685. The zero-order chi connectivity index (χ0) is 15.5. The molecule has 1 N–H and O–H groups in total. The lowest BCUT2D eigenvalue weighted by Crippen LogP contribution is -2.36. The van der Waals surface area contributed by atoms with Gasteiger partial charge in [0.2, 0.25) is 5.91 Å². The predicted molar refractivity (Wildman–Crippen MR) is 78.0 cm³/mol. The fourth-order valence-electron chi connectivity index (χ4n) is 2.30. The van der Waals surface area contributed by atoms with Crippen molar-refractivity contribution in [2.75, 3.05) is 19.7 Å². The first-order chi connectivity index (χ1) is 9.92. The number of carboxylic acid groups (broad SMARTS) is 1. The summed E-state index contributed by atoms with van der Waals surface area (Å²) in [6.07, 6.45) is 0.471. The van der Waals surface area contributed by atoms with Crippen LogP contribution in [0, 0.1) is 5.41 Å². The van der Waals surface area contributed by atoms with Crippen LogP contribution in [0.3, 0.4) is 0 Å². The van der Waals surface area contributed by atoms with Crippen molar-refractivity contribution in [3.63, 3.8) is 0 Å². The zero-order valence-corrected chi connectivity index (χ0v) is 12.6. The van der Waals surface area contributed by atoms with Gasteiger partial charge in [-0.1, -0.05) is 29.8 Å². The summed E-state index contributed by atoms with van der Waals surface area (Å²) in [5, 5.41) is 9.74. The van der Waals surface area contributed by atoms with Crippen LogP contribution >= 0.6 is 11.6 Å². The molecule has 0 spiro atoms. The average molecular weight is 312 g/mol. The lowest BCUT2D eigenvalue weighted by molar-refractivity contribution is -0.147. The molecule has 1 atom stereocenters. The highest BCUT2D eigenvalue weighted by Crippen LogP contribution is 2.30. The van der Waals surface area contributed by atoms with Gasteiger partial charge < -0.3 is 14.7 Å². The summed E-state index contributed by atoms with van der Waals surface area (Å²) in [6.45, 7) is 2.54. The van der Waals surface area contributed by atoms with Gasteiger partial charge in [0, 0.05) is 18.1 Å². The van der Waals surface area contributed by atoms with Crippen LogP contribution in [0.15, 0.2) is 24.3 Å².